The van der Waals surface area contributed by atoms with E-state index in [4.69, 9.17) is 4.74 Å². The summed E-state index contributed by atoms with van der Waals surface area (Å²) in [6.45, 7) is 4.16. The Morgan fingerprint density at radius 1 is 1.44 bits per heavy atom. The molecule has 1 aliphatic rings. The molecule has 0 radical (unpaired) electrons. The Hall–Kier alpha value is -0.870. The van der Waals surface area contributed by atoms with Crippen LogP contribution in [-0.2, 0) is 11.3 Å². The molecular formula is C12H21N3O. The summed E-state index contributed by atoms with van der Waals surface area (Å²) in [7, 11) is 0. The van der Waals surface area contributed by atoms with E-state index in [0.29, 0.717) is 6.10 Å². The summed E-state index contributed by atoms with van der Waals surface area (Å²) in [5, 5.41) is 3.46. The lowest BCUT2D eigenvalue weighted by molar-refractivity contribution is 0.104. The maximum atomic E-state index is 5.57. The zero-order valence-corrected chi connectivity index (χ0v) is 9.77. The third-order valence-corrected chi connectivity index (χ3v) is 3.00. The Morgan fingerprint density at radius 2 is 2.44 bits per heavy atom. The standard InChI is InChI=1S/C12H21N3O/c1-3-12(16-10-1)4-6-13-5-2-8-15-9-7-14-11-15/h7,9,11-13H,1-6,8,10H2. The molecule has 1 N–H and O–H groups in total. The van der Waals surface area contributed by atoms with Crippen LogP contribution < -0.4 is 5.32 Å². The minimum atomic E-state index is 0.515. The number of aryl methyl sites for hydroxylation is 1. The summed E-state index contributed by atoms with van der Waals surface area (Å²) in [4.78, 5) is 4.02. The Kier molecular flexibility index (Phi) is 4.83. The van der Waals surface area contributed by atoms with Gasteiger partial charge in [-0.25, -0.2) is 4.98 Å². The second-order valence-corrected chi connectivity index (χ2v) is 4.33. The molecule has 0 aromatic carbocycles. The van der Waals surface area contributed by atoms with Gasteiger partial charge in [-0.1, -0.05) is 0 Å². The van der Waals surface area contributed by atoms with Gasteiger partial charge in [0, 0.05) is 25.5 Å². The van der Waals surface area contributed by atoms with E-state index in [0.717, 1.165) is 39.1 Å². The number of nitrogens with one attached hydrogen (secondary N) is 1. The lowest BCUT2D eigenvalue weighted by Crippen LogP contribution is -2.22. The maximum Gasteiger partial charge on any atom is 0.0945 e. The van der Waals surface area contributed by atoms with Crippen LogP contribution in [0.25, 0.3) is 0 Å². The van der Waals surface area contributed by atoms with Gasteiger partial charge < -0.3 is 14.6 Å². The molecule has 2 heterocycles. The van der Waals surface area contributed by atoms with E-state index in [2.05, 4.69) is 14.9 Å². The Morgan fingerprint density at radius 3 is 3.19 bits per heavy atom. The highest BCUT2D eigenvalue weighted by Crippen LogP contribution is 2.14. The molecule has 4 nitrogen and oxygen atoms in total. The molecule has 0 spiro atoms. The molecule has 0 amide bonds. The predicted octanol–water partition coefficient (Wildman–Crippen LogP) is 1.43. The first-order valence-corrected chi connectivity index (χ1v) is 6.23. The second kappa shape index (κ2) is 6.66. The first kappa shape index (κ1) is 11.6. The highest BCUT2D eigenvalue weighted by atomic mass is 16.5. The van der Waals surface area contributed by atoms with Gasteiger partial charge in [-0.3, -0.25) is 0 Å². The summed E-state index contributed by atoms with van der Waals surface area (Å²) in [5.74, 6) is 0. The van der Waals surface area contributed by atoms with Gasteiger partial charge in [-0.05, 0) is 38.8 Å². The Bertz CT molecular complexity index is 268. The maximum absolute atomic E-state index is 5.57. The number of imidazole rings is 1. The second-order valence-electron chi connectivity index (χ2n) is 4.33. The van der Waals surface area contributed by atoms with Crippen molar-refractivity contribution in [3.05, 3.63) is 18.7 Å². The van der Waals surface area contributed by atoms with Crippen LogP contribution in [0.4, 0.5) is 0 Å². The number of nitrogens with zero attached hydrogens (tertiary/aromatic N) is 2. The van der Waals surface area contributed by atoms with E-state index < -0.39 is 0 Å². The molecule has 1 atom stereocenters. The van der Waals surface area contributed by atoms with Gasteiger partial charge in [0.25, 0.3) is 0 Å². The van der Waals surface area contributed by atoms with Crippen molar-refractivity contribution < 1.29 is 4.74 Å². The van der Waals surface area contributed by atoms with Crippen molar-refractivity contribution in [3.63, 3.8) is 0 Å². The van der Waals surface area contributed by atoms with Gasteiger partial charge in [-0.15, -0.1) is 0 Å². The van der Waals surface area contributed by atoms with E-state index in [1.54, 1.807) is 0 Å². The molecule has 1 fully saturated rings. The molecule has 2 rings (SSSR count). The number of ether oxygens (including phenoxy) is 1. The van der Waals surface area contributed by atoms with Crippen molar-refractivity contribution in [2.45, 2.75) is 38.3 Å². The summed E-state index contributed by atoms with van der Waals surface area (Å²) < 4.78 is 7.68. The lowest BCUT2D eigenvalue weighted by Gasteiger charge is -2.09. The van der Waals surface area contributed by atoms with E-state index in [-0.39, 0.29) is 0 Å². The third-order valence-electron chi connectivity index (χ3n) is 3.00. The molecule has 0 saturated carbocycles. The minimum Gasteiger partial charge on any atom is -0.378 e. The third kappa shape index (κ3) is 3.94. The largest absolute Gasteiger partial charge is 0.378 e. The molecule has 1 aromatic rings. The Balaban J connectivity index is 1.43. The SMILES string of the molecule is c1cn(CCCNCCC2CCCO2)cn1. The summed E-state index contributed by atoms with van der Waals surface area (Å²) in [6.07, 6.45) is 11.0. The van der Waals surface area contributed by atoms with Crippen LogP contribution in [-0.4, -0.2) is 35.4 Å². The number of hydrogen-bond donors (Lipinski definition) is 1. The van der Waals surface area contributed by atoms with Gasteiger partial charge in [-0.2, -0.15) is 0 Å². The zero-order valence-electron chi connectivity index (χ0n) is 9.77. The van der Waals surface area contributed by atoms with E-state index in [1.165, 1.54) is 12.8 Å². The Labute approximate surface area is 97.0 Å². The zero-order chi connectivity index (χ0) is 11.1. The van der Waals surface area contributed by atoms with Crippen molar-refractivity contribution >= 4 is 0 Å². The van der Waals surface area contributed by atoms with Gasteiger partial charge in [0.05, 0.1) is 12.4 Å². The van der Waals surface area contributed by atoms with Crippen LogP contribution in [0.1, 0.15) is 25.7 Å². The normalized spacial score (nSPS) is 20.4. The van der Waals surface area contributed by atoms with Crippen LogP contribution >= 0.6 is 0 Å². The van der Waals surface area contributed by atoms with Crippen molar-refractivity contribution in [1.82, 2.24) is 14.9 Å². The fourth-order valence-electron chi connectivity index (χ4n) is 2.07. The molecule has 90 valence electrons. The van der Waals surface area contributed by atoms with Crippen LogP contribution in [0, 0.1) is 0 Å². The minimum absolute atomic E-state index is 0.515. The summed E-state index contributed by atoms with van der Waals surface area (Å²) in [6, 6.07) is 0. The van der Waals surface area contributed by atoms with E-state index in [9.17, 15) is 0 Å². The lowest BCUT2D eigenvalue weighted by atomic mass is 10.2. The highest BCUT2D eigenvalue weighted by Gasteiger charge is 2.13. The van der Waals surface area contributed by atoms with E-state index in [1.807, 2.05) is 18.7 Å². The fraction of sp³-hybridized carbons (Fsp3) is 0.750. The van der Waals surface area contributed by atoms with Gasteiger partial charge >= 0.3 is 0 Å². The van der Waals surface area contributed by atoms with E-state index >= 15 is 0 Å². The average molecular weight is 223 g/mol. The molecular weight excluding hydrogens is 202 g/mol. The molecule has 16 heavy (non-hydrogen) atoms. The predicted molar refractivity (Wildman–Crippen MR) is 63.3 cm³/mol. The number of aromatic nitrogens is 2. The van der Waals surface area contributed by atoms with Crippen molar-refractivity contribution in [2.75, 3.05) is 19.7 Å². The van der Waals surface area contributed by atoms with Crippen molar-refractivity contribution in [2.24, 2.45) is 0 Å². The van der Waals surface area contributed by atoms with Crippen LogP contribution in [0.2, 0.25) is 0 Å². The summed E-state index contributed by atoms with van der Waals surface area (Å²) in [5.41, 5.74) is 0. The average Bonchev–Trinajstić information content (AvgIpc) is 2.96. The topological polar surface area (TPSA) is 39.1 Å². The molecule has 1 aromatic heterocycles. The number of hydrogen-bond acceptors (Lipinski definition) is 3. The van der Waals surface area contributed by atoms with Crippen LogP contribution in [0.5, 0.6) is 0 Å². The smallest absolute Gasteiger partial charge is 0.0945 e. The van der Waals surface area contributed by atoms with Crippen molar-refractivity contribution in [3.8, 4) is 0 Å². The molecule has 1 unspecified atom stereocenters. The quantitative estimate of drug-likeness (QED) is 0.711. The van der Waals surface area contributed by atoms with Crippen LogP contribution in [0.3, 0.4) is 0 Å². The van der Waals surface area contributed by atoms with Crippen molar-refractivity contribution in [1.29, 1.82) is 0 Å². The van der Waals surface area contributed by atoms with Gasteiger partial charge in [0.2, 0.25) is 0 Å². The molecule has 0 aliphatic carbocycles. The molecule has 1 saturated heterocycles. The highest BCUT2D eigenvalue weighted by molar-refractivity contribution is 4.73. The first-order chi connectivity index (χ1) is 7.95. The first-order valence-electron chi connectivity index (χ1n) is 6.23. The molecule has 4 heteroatoms. The van der Waals surface area contributed by atoms with Crippen LogP contribution in [0.15, 0.2) is 18.7 Å². The van der Waals surface area contributed by atoms with Gasteiger partial charge in [0.15, 0.2) is 0 Å². The monoisotopic (exact) mass is 223 g/mol. The number of rotatable bonds is 7. The summed E-state index contributed by atoms with van der Waals surface area (Å²) >= 11 is 0. The fourth-order valence-corrected chi connectivity index (χ4v) is 2.07. The van der Waals surface area contributed by atoms with Gasteiger partial charge in [0.1, 0.15) is 0 Å². The molecule has 1 aliphatic heterocycles. The molecule has 0 bridgehead atoms.